The van der Waals surface area contributed by atoms with Gasteiger partial charge < -0.3 is 15.4 Å². The number of hydrogen-bond donors (Lipinski definition) is 2. The molecule has 47 heavy (non-hydrogen) atoms. The van der Waals surface area contributed by atoms with Crippen molar-refractivity contribution >= 4 is 23.6 Å². The molecule has 0 radical (unpaired) electrons. The van der Waals surface area contributed by atoms with Crippen molar-refractivity contribution in [1.29, 1.82) is 0 Å². The summed E-state index contributed by atoms with van der Waals surface area (Å²) in [7, 11) is 0. The highest BCUT2D eigenvalue weighted by Crippen LogP contribution is 2.24. The number of thioether (sulfide) groups is 1. The highest BCUT2D eigenvalue weighted by molar-refractivity contribution is 7.99. The standard InChI is InChI=1S/C41H62N2O3S/c1-6-7-8-9-10-11-12-13-14-15-16-17-18-19-20-21-22-23-24-26-39(44)42-30-33-47-34-31-43-40(45)41(4,5)29-25-32-46-38-35-36(2)27-28-37(38)3/h7-8,10-11,13-14,16-17,19-20,22-23,27-28,35H,6,9,12,15,18,21,24-26,29-34H2,1-5H3,(H,42,44)(H,43,45)/b8-7-,11-10-,14-13-,17-16-,20-19-,23-22-. The van der Waals surface area contributed by atoms with Crippen LogP contribution < -0.4 is 15.4 Å². The fourth-order valence-electron chi connectivity index (χ4n) is 4.46. The Labute approximate surface area is 291 Å². The molecule has 0 aromatic heterocycles. The van der Waals surface area contributed by atoms with E-state index >= 15 is 0 Å². The molecule has 0 saturated heterocycles. The van der Waals surface area contributed by atoms with Gasteiger partial charge in [0.1, 0.15) is 5.75 Å². The summed E-state index contributed by atoms with van der Waals surface area (Å²) in [5, 5.41) is 6.05. The van der Waals surface area contributed by atoms with Crippen molar-refractivity contribution in [2.75, 3.05) is 31.2 Å². The lowest BCUT2D eigenvalue weighted by Crippen LogP contribution is -2.38. The second-order valence-corrected chi connectivity index (χ2v) is 13.5. The minimum Gasteiger partial charge on any atom is -0.493 e. The maximum absolute atomic E-state index is 12.7. The van der Waals surface area contributed by atoms with E-state index < -0.39 is 5.41 Å². The first-order chi connectivity index (χ1) is 22.8. The van der Waals surface area contributed by atoms with Gasteiger partial charge in [-0.05, 0) is 88.8 Å². The van der Waals surface area contributed by atoms with E-state index in [-0.39, 0.29) is 11.8 Å². The van der Waals surface area contributed by atoms with Gasteiger partial charge in [-0.15, -0.1) is 0 Å². The van der Waals surface area contributed by atoms with Gasteiger partial charge >= 0.3 is 0 Å². The van der Waals surface area contributed by atoms with E-state index in [9.17, 15) is 9.59 Å². The SMILES string of the molecule is CC/C=C\C/C=C\C/C=C\C/C=C\C/C=C\C/C=C\CCC(=O)NCCSCCNC(=O)C(C)(C)CCCOc1cc(C)ccc1C. The van der Waals surface area contributed by atoms with Crippen LogP contribution >= 0.6 is 11.8 Å². The van der Waals surface area contributed by atoms with E-state index in [1.807, 2.05) is 20.8 Å². The van der Waals surface area contributed by atoms with Gasteiger partial charge in [0.15, 0.2) is 0 Å². The summed E-state index contributed by atoms with van der Waals surface area (Å²) in [6, 6.07) is 6.22. The van der Waals surface area contributed by atoms with Gasteiger partial charge in [0, 0.05) is 36.4 Å². The topological polar surface area (TPSA) is 67.4 Å². The first-order valence-corrected chi connectivity index (χ1v) is 18.6. The average molecular weight is 663 g/mol. The molecule has 6 heteroatoms. The molecule has 0 heterocycles. The Bertz CT molecular complexity index is 1180. The van der Waals surface area contributed by atoms with Gasteiger partial charge in [-0.25, -0.2) is 0 Å². The number of ether oxygens (including phenoxy) is 1. The third-order valence-electron chi connectivity index (χ3n) is 7.40. The van der Waals surface area contributed by atoms with Crippen LogP contribution in [0.5, 0.6) is 5.75 Å². The molecule has 0 bridgehead atoms. The van der Waals surface area contributed by atoms with E-state index in [1.165, 1.54) is 5.56 Å². The highest BCUT2D eigenvalue weighted by Gasteiger charge is 2.26. The van der Waals surface area contributed by atoms with Crippen LogP contribution in [0.25, 0.3) is 0 Å². The molecule has 0 saturated carbocycles. The van der Waals surface area contributed by atoms with Crippen LogP contribution in [0.4, 0.5) is 0 Å². The lowest BCUT2D eigenvalue weighted by Gasteiger charge is -2.23. The van der Waals surface area contributed by atoms with Crippen LogP contribution in [0, 0.1) is 19.3 Å². The van der Waals surface area contributed by atoms with Crippen molar-refractivity contribution < 1.29 is 14.3 Å². The van der Waals surface area contributed by atoms with Gasteiger partial charge in [0.2, 0.25) is 11.8 Å². The molecule has 1 aromatic rings. The van der Waals surface area contributed by atoms with Crippen molar-refractivity contribution in [1.82, 2.24) is 10.6 Å². The predicted octanol–water partition coefficient (Wildman–Crippen LogP) is 9.93. The average Bonchev–Trinajstić information content (AvgIpc) is 3.05. The third kappa shape index (κ3) is 23.7. The molecule has 0 aliphatic heterocycles. The molecule has 0 fully saturated rings. The molecule has 0 atom stereocenters. The maximum atomic E-state index is 12.7. The Kier molecular flexibility index (Phi) is 24.7. The number of hydrogen-bond acceptors (Lipinski definition) is 4. The molecule has 260 valence electrons. The van der Waals surface area contributed by atoms with Gasteiger partial charge in [0.25, 0.3) is 0 Å². The number of carbonyl (C=O) groups excluding carboxylic acids is 2. The summed E-state index contributed by atoms with van der Waals surface area (Å²) in [5.74, 6) is 2.74. The van der Waals surface area contributed by atoms with Crippen molar-refractivity contribution in [3.63, 3.8) is 0 Å². The van der Waals surface area contributed by atoms with E-state index in [1.54, 1.807) is 11.8 Å². The Morgan fingerprint density at radius 3 is 1.87 bits per heavy atom. The normalized spacial score (nSPS) is 12.5. The van der Waals surface area contributed by atoms with E-state index in [4.69, 9.17) is 4.74 Å². The molecule has 0 aliphatic rings. The lowest BCUT2D eigenvalue weighted by molar-refractivity contribution is -0.129. The van der Waals surface area contributed by atoms with Crippen LogP contribution in [0.2, 0.25) is 0 Å². The second-order valence-electron chi connectivity index (χ2n) is 12.3. The van der Waals surface area contributed by atoms with Crippen LogP contribution in [0.3, 0.4) is 0 Å². The van der Waals surface area contributed by atoms with Crippen molar-refractivity contribution in [3.05, 3.63) is 102 Å². The van der Waals surface area contributed by atoms with Crippen LogP contribution in [-0.2, 0) is 9.59 Å². The smallest absolute Gasteiger partial charge is 0.225 e. The lowest BCUT2D eigenvalue weighted by atomic mass is 9.87. The zero-order chi connectivity index (χ0) is 34.4. The number of amides is 2. The molecule has 1 aromatic carbocycles. The van der Waals surface area contributed by atoms with Crippen LogP contribution in [0.15, 0.2) is 91.1 Å². The maximum Gasteiger partial charge on any atom is 0.225 e. The van der Waals surface area contributed by atoms with Gasteiger partial charge in [-0.1, -0.05) is 106 Å². The van der Waals surface area contributed by atoms with E-state index in [2.05, 4.69) is 116 Å². The minimum absolute atomic E-state index is 0.0764. The summed E-state index contributed by atoms with van der Waals surface area (Å²) >= 11 is 1.74. The summed E-state index contributed by atoms with van der Waals surface area (Å²) in [5.41, 5.74) is 1.88. The van der Waals surface area contributed by atoms with E-state index in [0.29, 0.717) is 26.1 Å². The fourth-order valence-corrected chi connectivity index (χ4v) is 5.15. The van der Waals surface area contributed by atoms with Gasteiger partial charge in [0.05, 0.1) is 6.61 Å². The fraction of sp³-hybridized carbons (Fsp3) is 0.512. The molecule has 2 N–H and O–H groups in total. The largest absolute Gasteiger partial charge is 0.493 e. The molecule has 1 rings (SSSR count). The molecule has 5 nitrogen and oxygen atoms in total. The number of benzene rings is 1. The summed E-state index contributed by atoms with van der Waals surface area (Å²) in [4.78, 5) is 24.8. The second kappa shape index (κ2) is 27.8. The van der Waals surface area contributed by atoms with Crippen molar-refractivity contribution in [2.24, 2.45) is 5.41 Å². The Balaban J connectivity index is 1.99. The molecule has 0 aliphatic carbocycles. The van der Waals surface area contributed by atoms with Gasteiger partial charge in [-0.2, -0.15) is 11.8 Å². The van der Waals surface area contributed by atoms with Gasteiger partial charge in [-0.3, -0.25) is 9.59 Å². The number of allylic oxidation sites excluding steroid dienone is 12. The number of aryl methyl sites for hydroxylation is 2. The monoisotopic (exact) mass is 662 g/mol. The summed E-state index contributed by atoms with van der Waals surface area (Å²) in [6.07, 6.45) is 35.0. The summed E-state index contributed by atoms with van der Waals surface area (Å²) in [6.45, 7) is 12.1. The Morgan fingerprint density at radius 2 is 1.30 bits per heavy atom. The summed E-state index contributed by atoms with van der Waals surface area (Å²) < 4.78 is 5.94. The predicted molar refractivity (Wildman–Crippen MR) is 205 cm³/mol. The van der Waals surface area contributed by atoms with Crippen molar-refractivity contribution in [2.45, 2.75) is 98.8 Å². The number of rotatable bonds is 26. The Hall–Kier alpha value is -3.25. The van der Waals surface area contributed by atoms with E-state index in [0.717, 1.165) is 80.6 Å². The number of carbonyl (C=O) groups is 2. The Morgan fingerprint density at radius 1 is 0.766 bits per heavy atom. The molecule has 2 amide bonds. The molecule has 0 unspecified atom stereocenters. The third-order valence-corrected chi connectivity index (χ3v) is 8.38. The quantitative estimate of drug-likeness (QED) is 0.0766. The first-order valence-electron chi connectivity index (χ1n) is 17.5. The first kappa shape index (κ1) is 41.8. The molecular weight excluding hydrogens is 601 g/mol. The minimum atomic E-state index is -0.438. The molecule has 0 spiro atoms. The zero-order valence-corrected chi connectivity index (χ0v) is 30.7. The molecular formula is C41H62N2O3S. The highest BCUT2D eigenvalue weighted by atomic mass is 32.2. The number of nitrogens with one attached hydrogen (secondary N) is 2. The van der Waals surface area contributed by atoms with Crippen LogP contribution in [0.1, 0.15) is 96.1 Å². The van der Waals surface area contributed by atoms with Crippen LogP contribution in [-0.4, -0.2) is 43.0 Å². The van der Waals surface area contributed by atoms with Crippen molar-refractivity contribution in [3.8, 4) is 5.75 Å². The zero-order valence-electron chi connectivity index (χ0n) is 29.9.